The van der Waals surface area contributed by atoms with Crippen molar-refractivity contribution in [3.63, 3.8) is 0 Å². The number of carbonyl (C=O) groups is 1. The second-order valence-corrected chi connectivity index (χ2v) is 9.27. The largest absolute Gasteiger partial charge is 0.497 e. The molecule has 1 N–H and O–H groups in total. The van der Waals surface area contributed by atoms with Crippen LogP contribution in [-0.4, -0.2) is 78.1 Å². The Morgan fingerprint density at radius 3 is 2.50 bits per heavy atom. The lowest BCUT2D eigenvalue weighted by Crippen LogP contribution is -2.54. The number of sulfonamides is 1. The molecule has 0 bridgehead atoms. The van der Waals surface area contributed by atoms with Gasteiger partial charge in [0.15, 0.2) is 0 Å². The molecule has 1 amide bonds. The highest BCUT2D eigenvalue weighted by molar-refractivity contribution is 7.89. The Hall–Kier alpha value is -3.25. The average molecular weight is 460 g/mol. The van der Waals surface area contributed by atoms with Crippen molar-refractivity contribution in [3.05, 3.63) is 42.4 Å². The van der Waals surface area contributed by atoms with Crippen LogP contribution in [0.25, 0.3) is 5.78 Å². The molecule has 0 aliphatic carbocycles. The van der Waals surface area contributed by atoms with Crippen molar-refractivity contribution in [2.24, 2.45) is 0 Å². The summed E-state index contributed by atoms with van der Waals surface area (Å²) < 4.78 is 34.5. The molecule has 1 aromatic carbocycles. The third-order valence-corrected chi connectivity index (χ3v) is 6.91. The molecule has 4 rings (SSSR count). The van der Waals surface area contributed by atoms with Gasteiger partial charge < -0.3 is 14.5 Å². The van der Waals surface area contributed by atoms with Crippen LogP contribution in [0.4, 0.5) is 5.82 Å². The van der Waals surface area contributed by atoms with Gasteiger partial charge in [-0.3, -0.25) is 4.79 Å². The second kappa shape index (κ2) is 8.71. The highest BCUT2D eigenvalue weighted by atomic mass is 32.2. The zero-order chi connectivity index (χ0) is 22.9. The number of nitrogens with one attached hydrogen (secondary N) is 1. The maximum absolute atomic E-state index is 12.9. The molecule has 0 saturated carbocycles. The van der Waals surface area contributed by atoms with Crippen molar-refractivity contribution in [1.29, 1.82) is 0 Å². The summed E-state index contributed by atoms with van der Waals surface area (Å²) in [5, 5.41) is 4.23. The maximum atomic E-state index is 12.9. The maximum Gasteiger partial charge on any atom is 0.254 e. The van der Waals surface area contributed by atoms with E-state index in [0.717, 1.165) is 11.5 Å². The number of rotatable bonds is 6. The van der Waals surface area contributed by atoms with Crippen molar-refractivity contribution in [2.45, 2.75) is 24.8 Å². The lowest BCUT2D eigenvalue weighted by atomic mass is 10.2. The molecule has 12 heteroatoms. The number of amides is 1. The molecule has 0 radical (unpaired) electrons. The van der Waals surface area contributed by atoms with Crippen LogP contribution in [-0.2, 0) is 14.8 Å². The summed E-state index contributed by atoms with van der Waals surface area (Å²) in [5.74, 6) is 1.68. The summed E-state index contributed by atoms with van der Waals surface area (Å²) in [6.07, 6.45) is 1.46. The van der Waals surface area contributed by atoms with E-state index < -0.39 is 16.1 Å². The molecule has 1 saturated heterocycles. The molecule has 3 heterocycles. The average Bonchev–Trinajstić information content (AvgIpc) is 3.26. The van der Waals surface area contributed by atoms with Gasteiger partial charge in [0.2, 0.25) is 15.9 Å². The third kappa shape index (κ3) is 4.36. The number of anilines is 1. The molecule has 170 valence electrons. The Bertz CT molecular complexity index is 1220. The number of benzene rings is 1. The standard InChI is InChI=1S/C20H25N7O4S/c1-14-12-18(27-20(23-14)21-13-22-27)25-8-10-26(11-9-25)19(28)15(2)24-32(29,30)17-6-4-16(31-3)5-7-17/h4-7,12-13,15,24H,8-11H2,1-3H3/t15-/m0/s1. The topological polar surface area (TPSA) is 122 Å². The number of nitrogens with zero attached hydrogens (tertiary/aromatic N) is 6. The number of piperazine rings is 1. The fraction of sp³-hybridized carbons (Fsp3) is 0.400. The third-order valence-electron chi connectivity index (χ3n) is 5.35. The van der Waals surface area contributed by atoms with Crippen LogP contribution >= 0.6 is 0 Å². The lowest BCUT2D eigenvalue weighted by molar-refractivity contribution is -0.132. The summed E-state index contributed by atoms with van der Waals surface area (Å²) in [5.41, 5.74) is 0.834. The van der Waals surface area contributed by atoms with E-state index in [1.807, 2.05) is 13.0 Å². The monoisotopic (exact) mass is 459 g/mol. The van der Waals surface area contributed by atoms with Gasteiger partial charge in [0, 0.05) is 37.9 Å². The quantitative estimate of drug-likeness (QED) is 0.564. The number of hydrogen-bond acceptors (Lipinski definition) is 8. The first-order valence-corrected chi connectivity index (χ1v) is 11.6. The SMILES string of the molecule is COc1ccc(S(=O)(=O)N[C@@H](C)C(=O)N2CCN(c3cc(C)nc4ncnn34)CC2)cc1. The minimum Gasteiger partial charge on any atom is -0.497 e. The van der Waals surface area contributed by atoms with Crippen LogP contribution in [0.1, 0.15) is 12.6 Å². The van der Waals surface area contributed by atoms with E-state index >= 15 is 0 Å². The molecule has 0 spiro atoms. The minimum absolute atomic E-state index is 0.0766. The predicted molar refractivity (Wildman–Crippen MR) is 117 cm³/mol. The molecule has 1 aliphatic heterocycles. The molecule has 3 aromatic rings. The Balaban J connectivity index is 1.39. The predicted octanol–water partition coefficient (Wildman–Crippen LogP) is 0.457. The van der Waals surface area contributed by atoms with Crippen molar-refractivity contribution < 1.29 is 17.9 Å². The van der Waals surface area contributed by atoms with Gasteiger partial charge in [-0.05, 0) is 38.1 Å². The fourth-order valence-electron chi connectivity index (χ4n) is 3.67. The van der Waals surface area contributed by atoms with Gasteiger partial charge >= 0.3 is 0 Å². The number of methoxy groups -OCH3 is 1. The van der Waals surface area contributed by atoms with Gasteiger partial charge in [0.1, 0.15) is 17.9 Å². The molecule has 1 aliphatic rings. The zero-order valence-corrected chi connectivity index (χ0v) is 18.9. The first-order chi connectivity index (χ1) is 15.3. The van der Waals surface area contributed by atoms with Gasteiger partial charge in [-0.2, -0.15) is 19.3 Å². The van der Waals surface area contributed by atoms with Crippen LogP contribution in [0, 0.1) is 6.92 Å². The first kappa shape index (κ1) is 22.0. The van der Waals surface area contributed by atoms with Crippen LogP contribution in [0.2, 0.25) is 0 Å². The van der Waals surface area contributed by atoms with E-state index in [1.54, 1.807) is 28.5 Å². The molecule has 32 heavy (non-hydrogen) atoms. The van der Waals surface area contributed by atoms with E-state index in [0.29, 0.717) is 37.7 Å². The van der Waals surface area contributed by atoms with Crippen LogP contribution in [0.15, 0.2) is 41.6 Å². The normalized spacial score (nSPS) is 15.7. The van der Waals surface area contributed by atoms with Gasteiger partial charge in [0.05, 0.1) is 18.0 Å². The van der Waals surface area contributed by atoms with E-state index in [-0.39, 0.29) is 10.8 Å². The van der Waals surface area contributed by atoms with E-state index in [4.69, 9.17) is 4.74 Å². The van der Waals surface area contributed by atoms with Crippen LogP contribution in [0.5, 0.6) is 5.75 Å². The molecule has 0 unspecified atom stereocenters. The molecular formula is C20H25N7O4S. The highest BCUT2D eigenvalue weighted by Gasteiger charge is 2.29. The number of fused-ring (bicyclic) bond motifs is 1. The summed E-state index contributed by atoms with van der Waals surface area (Å²) >= 11 is 0. The molecule has 11 nitrogen and oxygen atoms in total. The summed E-state index contributed by atoms with van der Waals surface area (Å²) in [7, 11) is -2.33. The van der Waals surface area contributed by atoms with Crippen LogP contribution < -0.4 is 14.4 Å². The molecule has 1 atom stereocenters. The number of ether oxygens (including phenoxy) is 1. The van der Waals surface area contributed by atoms with E-state index in [9.17, 15) is 13.2 Å². The van der Waals surface area contributed by atoms with Gasteiger partial charge in [-0.1, -0.05) is 0 Å². The fourth-order valence-corrected chi connectivity index (χ4v) is 4.87. The van der Waals surface area contributed by atoms with Crippen molar-refractivity contribution in [3.8, 4) is 5.75 Å². The Labute approximate surface area is 186 Å². The molecule has 1 fully saturated rings. The van der Waals surface area contributed by atoms with Crippen LogP contribution in [0.3, 0.4) is 0 Å². The van der Waals surface area contributed by atoms with Gasteiger partial charge in [-0.25, -0.2) is 13.4 Å². The number of hydrogen-bond donors (Lipinski definition) is 1. The summed E-state index contributed by atoms with van der Waals surface area (Å²) in [4.78, 5) is 25.3. The number of aromatic nitrogens is 4. The van der Waals surface area contributed by atoms with Gasteiger partial charge in [0.25, 0.3) is 5.78 Å². The Kier molecular flexibility index (Phi) is 5.98. The summed E-state index contributed by atoms with van der Waals surface area (Å²) in [6, 6.07) is 7.06. The number of aryl methyl sites for hydroxylation is 1. The smallest absolute Gasteiger partial charge is 0.254 e. The van der Waals surface area contributed by atoms with Crippen molar-refractivity contribution in [1.82, 2.24) is 29.2 Å². The highest BCUT2D eigenvalue weighted by Crippen LogP contribution is 2.19. The van der Waals surface area contributed by atoms with E-state index in [2.05, 4.69) is 24.7 Å². The minimum atomic E-state index is -3.83. The Morgan fingerprint density at radius 1 is 1.16 bits per heavy atom. The first-order valence-electron chi connectivity index (χ1n) is 10.2. The van der Waals surface area contributed by atoms with Crippen molar-refractivity contribution >= 4 is 27.5 Å². The number of carbonyl (C=O) groups excluding carboxylic acids is 1. The zero-order valence-electron chi connectivity index (χ0n) is 18.1. The Morgan fingerprint density at radius 2 is 1.84 bits per heavy atom. The van der Waals surface area contributed by atoms with Gasteiger partial charge in [-0.15, -0.1) is 0 Å². The van der Waals surface area contributed by atoms with Crippen molar-refractivity contribution in [2.75, 3.05) is 38.2 Å². The lowest BCUT2D eigenvalue weighted by Gasteiger charge is -2.37. The summed E-state index contributed by atoms with van der Waals surface area (Å²) in [6.45, 7) is 5.55. The van der Waals surface area contributed by atoms with E-state index in [1.165, 1.54) is 25.6 Å². The molecular weight excluding hydrogens is 434 g/mol. The second-order valence-electron chi connectivity index (χ2n) is 7.56. The molecule has 2 aromatic heterocycles.